The van der Waals surface area contributed by atoms with Gasteiger partial charge in [0.15, 0.2) is 0 Å². The van der Waals surface area contributed by atoms with E-state index < -0.39 is 11.2 Å². The second kappa shape index (κ2) is 10.3. The van der Waals surface area contributed by atoms with Crippen molar-refractivity contribution < 1.29 is 9.59 Å². The molecule has 0 aromatic heterocycles. The van der Waals surface area contributed by atoms with Crippen LogP contribution >= 0.6 is 39.3 Å². The van der Waals surface area contributed by atoms with Gasteiger partial charge in [-0.3, -0.25) is 14.5 Å². The maximum Gasteiger partial charge on any atom is 0.269 e. The first-order valence-corrected chi connectivity index (χ1v) is 12.0. The number of hydrogen-bond donors (Lipinski definition) is 1. The Balaban J connectivity index is 1.70. The van der Waals surface area contributed by atoms with Crippen molar-refractivity contribution in [3.8, 4) is 6.07 Å². The van der Waals surface area contributed by atoms with Crippen molar-refractivity contribution in [1.82, 2.24) is 0 Å². The van der Waals surface area contributed by atoms with E-state index in [1.807, 2.05) is 48.5 Å². The Morgan fingerprint density at radius 2 is 1.73 bits per heavy atom. The minimum Gasteiger partial charge on any atom is -0.321 e. The Hall–Kier alpha value is -3.05. The number of nitrogens with one attached hydrogen (secondary N) is 1. The predicted molar refractivity (Wildman–Crippen MR) is 136 cm³/mol. The van der Waals surface area contributed by atoms with Crippen LogP contribution in [0.1, 0.15) is 5.56 Å². The number of carbonyl (C=O) groups is 2. The van der Waals surface area contributed by atoms with Crippen LogP contribution < -0.4 is 10.2 Å². The van der Waals surface area contributed by atoms with E-state index in [2.05, 4.69) is 21.2 Å². The number of amides is 2. The van der Waals surface area contributed by atoms with Gasteiger partial charge in [0.1, 0.15) is 16.7 Å². The smallest absolute Gasteiger partial charge is 0.269 e. The van der Waals surface area contributed by atoms with Crippen molar-refractivity contribution >= 4 is 62.5 Å². The summed E-state index contributed by atoms with van der Waals surface area (Å²) in [4.78, 5) is 27.9. The fourth-order valence-corrected chi connectivity index (χ4v) is 5.06. The van der Waals surface area contributed by atoms with Gasteiger partial charge < -0.3 is 5.32 Å². The summed E-state index contributed by atoms with van der Waals surface area (Å²) in [5, 5.41) is 13.0. The molecule has 0 unspecified atom stereocenters. The highest BCUT2D eigenvalue weighted by molar-refractivity contribution is 9.10. The van der Waals surface area contributed by atoms with Gasteiger partial charge in [-0.25, -0.2) is 0 Å². The van der Waals surface area contributed by atoms with Gasteiger partial charge in [-0.05, 0) is 60.5 Å². The Bertz CT molecular complexity index is 1260. The molecule has 2 amide bonds. The van der Waals surface area contributed by atoms with Crippen molar-refractivity contribution in [2.75, 3.05) is 10.2 Å². The van der Waals surface area contributed by atoms with E-state index in [0.717, 1.165) is 10.0 Å². The third-order valence-corrected chi connectivity index (χ3v) is 7.00. The minimum atomic E-state index is -0.583. The maximum atomic E-state index is 13.4. The van der Waals surface area contributed by atoms with Gasteiger partial charge in [0, 0.05) is 20.9 Å². The maximum absolute atomic E-state index is 13.4. The van der Waals surface area contributed by atoms with Gasteiger partial charge in [-0.1, -0.05) is 69.6 Å². The first-order chi connectivity index (χ1) is 16.0. The van der Waals surface area contributed by atoms with Crippen LogP contribution in [0.3, 0.4) is 0 Å². The van der Waals surface area contributed by atoms with E-state index in [-0.39, 0.29) is 11.5 Å². The zero-order valence-electron chi connectivity index (χ0n) is 17.2. The number of para-hydroxylation sites is 1. The minimum absolute atomic E-state index is 0.120. The summed E-state index contributed by atoms with van der Waals surface area (Å²) >= 11 is 10.6. The fraction of sp³-hybridized carbons (Fsp3) is 0.0800. The molecule has 1 aliphatic heterocycles. The number of anilines is 2. The van der Waals surface area contributed by atoms with Gasteiger partial charge in [-0.2, -0.15) is 5.26 Å². The second-order valence-corrected chi connectivity index (χ2v) is 9.74. The van der Waals surface area contributed by atoms with E-state index in [4.69, 9.17) is 11.6 Å². The molecule has 0 radical (unpaired) electrons. The van der Waals surface area contributed by atoms with Crippen LogP contribution in [0.5, 0.6) is 0 Å². The van der Waals surface area contributed by atoms with Crippen molar-refractivity contribution in [3.63, 3.8) is 0 Å². The number of nitriles is 1. The second-order valence-electron chi connectivity index (χ2n) is 7.20. The molecule has 164 valence electrons. The molecule has 1 atom stereocenters. The van der Waals surface area contributed by atoms with Crippen LogP contribution in [0.2, 0.25) is 5.02 Å². The van der Waals surface area contributed by atoms with Crippen molar-refractivity contribution in [2.24, 2.45) is 0 Å². The first-order valence-electron chi connectivity index (χ1n) is 9.97. The monoisotopic (exact) mass is 537 g/mol. The summed E-state index contributed by atoms with van der Waals surface area (Å²) in [6.45, 7) is 0. The first kappa shape index (κ1) is 23.1. The zero-order valence-corrected chi connectivity index (χ0v) is 20.3. The topological polar surface area (TPSA) is 73.2 Å². The van der Waals surface area contributed by atoms with E-state index in [1.165, 1.54) is 16.7 Å². The average Bonchev–Trinajstić information content (AvgIpc) is 3.13. The highest BCUT2D eigenvalue weighted by Gasteiger charge is 2.40. The Morgan fingerprint density at radius 1 is 1.06 bits per heavy atom. The Morgan fingerprint density at radius 3 is 2.36 bits per heavy atom. The molecule has 1 fully saturated rings. The largest absolute Gasteiger partial charge is 0.321 e. The number of nitrogens with zero attached hydrogens (tertiary/aromatic N) is 2. The molecule has 33 heavy (non-hydrogen) atoms. The van der Waals surface area contributed by atoms with Crippen molar-refractivity contribution in [1.29, 1.82) is 5.26 Å². The average molecular weight is 539 g/mol. The van der Waals surface area contributed by atoms with Crippen LogP contribution in [-0.2, 0) is 16.0 Å². The molecule has 5 nitrogen and oxygen atoms in total. The van der Waals surface area contributed by atoms with Crippen LogP contribution in [0, 0.1) is 11.3 Å². The normalized spacial score (nSPS) is 16.9. The van der Waals surface area contributed by atoms with Gasteiger partial charge in [0.05, 0.1) is 5.25 Å². The number of hydrogen-bond acceptors (Lipinski definition) is 4. The van der Waals surface area contributed by atoms with E-state index in [0.29, 0.717) is 27.8 Å². The van der Waals surface area contributed by atoms with Gasteiger partial charge in [-0.15, -0.1) is 0 Å². The molecule has 1 aliphatic rings. The Kier molecular flexibility index (Phi) is 7.19. The summed E-state index contributed by atoms with van der Waals surface area (Å²) in [5.41, 5.74) is 1.98. The van der Waals surface area contributed by atoms with Crippen molar-refractivity contribution in [3.05, 3.63) is 105 Å². The lowest BCUT2D eigenvalue weighted by atomic mass is 10.1. The molecule has 1 N–H and O–H groups in total. The number of carbonyl (C=O) groups excluding carboxylic acids is 2. The molecular formula is C25H17BrClN3O2S. The lowest BCUT2D eigenvalue weighted by molar-refractivity contribution is -0.117. The summed E-state index contributed by atoms with van der Waals surface area (Å²) in [5.74, 6) is -0.753. The van der Waals surface area contributed by atoms with Gasteiger partial charge >= 0.3 is 0 Å². The summed E-state index contributed by atoms with van der Waals surface area (Å²) in [7, 11) is 0. The van der Waals surface area contributed by atoms with E-state index in [1.54, 1.807) is 36.4 Å². The summed E-state index contributed by atoms with van der Waals surface area (Å²) in [6, 6.07) is 25.4. The van der Waals surface area contributed by atoms with Crippen LogP contribution in [-0.4, -0.2) is 17.1 Å². The number of benzene rings is 3. The summed E-state index contributed by atoms with van der Waals surface area (Å²) in [6.07, 6.45) is 0.473. The number of thioether (sulfide) groups is 1. The van der Waals surface area contributed by atoms with Gasteiger partial charge in [0.2, 0.25) is 5.91 Å². The lowest BCUT2D eigenvalue weighted by Crippen LogP contribution is -2.30. The third-order valence-electron chi connectivity index (χ3n) is 4.96. The molecular weight excluding hydrogens is 522 g/mol. The predicted octanol–water partition coefficient (Wildman–Crippen LogP) is 6.17. The molecule has 0 spiro atoms. The SMILES string of the molecule is N#C/C(C(=O)Nc1ccc(Cl)cc1)=C1/S[C@H](Cc2ccc(Br)cc2)C(=O)N1c1ccccc1. The number of rotatable bonds is 5. The molecule has 3 aromatic rings. The summed E-state index contributed by atoms with van der Waals surface area (Å²) < 4.78 is 0.953. The molecule has 3 aromatic carbocycles. The fourth-order valence-electron chi connectivity index (χ4n) is 3.36. The molecule has 1 saturated heterocycles. The highest BCUT2D eigenvalue weighted by Crippen LogP contribution is 2.42. The van der Waals surface area contributed by atoms with Crippen molar-refractivity contribution in [2.45, 2.75) is 11.7 Å². The van der Waals surface area contributed by atoms with Crippen LogP contribution in [0.15, 0.2) is 93.9 Å². The van der Waals surface area contributed by atoms with E-state index >= 15 is 0 Å². The molecule has 0 bridgehead atoms. The van der Waals surface area contributed by atoms with Crippen LogP contribution in [0.4, 0.5) is 11.4 Å². The molecule has 0 saturated carbocycles. The molecule has 4 rings (SSSR count). The Labute approximate surface area is 209 Å². The van der Waals surface area contributed by atoms with E-state index in [9.17, 15) is 14.9 Å². The highest BCUT2D eigenvalue weighted by atomic mass is 79.9. The lowest BCUT2D eigenvalue weighted by Gasteiger charge is -2.18. The molecule has 8 heteroatoms. The molecule has 1 heterocycles. The third kappa shape index (κ3) is 5.31. The zero-order chi connectivity index (χ0) is 23.4. The standard InChI is InChI=1S/C25H17BrClN3O2S/c26-17-8-6-16(7-9-17)14-22-24(32)30(20-4-2-1-3-5-20)25(33-22)21(15-28)23(31)29-19-12-10-18(27)11-13-19/h1-13,22H,14H2,(H,29,31)/b25-21-/t22-/m1/s1. The van der Waals surface area contributed by atoms with Gasteiger partial charge in [0.25, 0.3) is 5.91 Å². The number of halogens is 2. The van der Waals surface area contributed by atoms with Crippen LogP contribution in [0.25, 0.3) is 0 Å². The molecule has 0 aliphatic carbocycles. The quantitative estimate of drug-likeness (QED) is 0.312.